The van der Waals surface area contributed by atoms with E-state index in [4.69, 9.17) is 21.7 Å². The Morgan fingerprint density at radius 2 is 1.85 bits per heavy atom. The maximum absolute atomic E-state index is 11.1. The summed E-state index contributed by atoms with van der Waals surface area (Å²) in [6.07, 6.45) is 1.60. The fourth-order valence-corrected chi connectivity index (χ4v) is 2.48. The minimum absolute atomic E-state index is 0.359. The number of hydrogen-bond donors (Lipinski definition) is 2. The van der Waals surface area contributed by atoms with Gasteiger partial charge in [-0.3, -0.25) is 10.2 Å². The summed E-state index contributed by atoms with van der Waals surface area (Å²) in [6.45, 7) is 5.36. The minimum atomic E-state index is -0.408. The molecule has 0 saturated carbocycles. The summed E-state index contributed by atoms with van der Waals surface area (Å²) in [5, 5.41) is 7.65. The van der Waals surface area contributed by atoms with E-state index in [1.54, 1.807) is 24.4 Å². The average Bonchev–Trinajstić information content (AvgIpc) is 2.59. The number of ether oxygens (including phenoxy) is 2. The van der Waals surface area contributed by atoms with Gasteiger partial charge in [-0.25, -0.2) is 0 Å². The monoisotopic (exact) mass is 371 g/mol. The van der Waals surface area contributed by atoms with Crippen LogP contribution in [0.1, 0.15) is 23.6 Å². The molecule has 0 aromatic heterocycles. The molecule has 0 aliphatic rings. The van der Waals surface area contributed by atoms with E-state index in [1.807, 2.05) is 32.0 Å². The highest BCUT2D eigenvalue weighted by Gasteiger charge is 2.07. The third-order valence-corrected chi connectivity index (χ3v) is 3.73. The summed E-state index contributed by atoms with van der Waals surface area (Å²) >= 11 is 5.27. The lowest BCUT2D eigenvalue weighted by atomic mass is 10.1. The summed E-state index contributed by atoms with van der Waals surface area (Å²) in [6, 6.07) is 11.1. The van der Waals surface area contributed by atoms with Crippen molar-refractivity contribution in [2.75, 3.05) is 12.4 Å². The maximum atomic E-state index is 11.1. The first-order chi connectivity index (χ1) is 12.4. The number of esters is 1. The number of methoxy groups -OCH3 is 1. The summed E-state index contributed by atoms with van der Waals surface area (Å²) in [7, 11) is 1.51. The van der Waals surface area contributed by atoms with Crippen molar-refractivity contribution in [3.8, 4) is 11.5 Å². The molecule has 2 rings (SSSR count). The number of benzene rings is 2. The number of thiocarbonyl (C=S) groups is 1. The molecule has 26 heavy (non-hydrogen) atoms. The van der Waals surface area contributed by atoms with E-state index in [1.165, 1.54) is 14.0 Å². The van der Waals surface area contributed by atoms with E-state index in [9.17, 15) is 4.79 Å². The van der Waals surface area contributed by atoms with Gasteiger partial charge in [-0.1, -0.05) is 18.2 Å². The van der Waals surface area contributed by atoms with Crippen LogP contribution in [-0.4, -0.2) is 24.4 Å². The molecule has 0 radical (unpaired) electrons. The van der Waals surface area contributed by atoms with E-state index < -0.39 is 5.97 Å². The zero-order valence-electron chi connectivity index (χ0n) is 15.1. The molecule has 2 N–H and O–H groups in total. The lowest BCUT2D eigenvalue weighted by Crippen LogP contribution is -2.24. The number of carbonyl (C=O) groups is 1. The Morgan fingerprint density at radius 1 is 1.15 bits per heavy atom. The largest absolute Gasteiger partial charge is 0.493 e. The van der Waals surface area contributed by atoms with Gasteiger partial charge in [0.05, 0.1) is 13.3 Å². The minimum Gasteiger partial charge on any atom is -0.493 e. The van der Waals surface area contributed by atoms with Gasteiger partial charge < -0.3 is 14.8 Å². The third kappa shape index (κ3) is 5.29. The van der Waals surface area contributed by atoms with E-state index >= 15 is 0 Å². The van der Waals surface area contributed by atoms with Crippen molar-refractivity contribution in [1.82, 2.24) is 5.43 Å². The Hall–Kier alpha value is -2.93. The van der Waals surface area contributed by atoms with E-state index in [0.29, 0.717) is 16.6 Å². The first-order valence-corrected chi connectivity index (χ1v) is 8.34. The van der Waals surface area contributed by atoms with E-state index in [2.05, 4.69) is 15.8 Å². The highest BCUT2D eigenvalue weighted by Crippen LogP contribution is 2.27. The van der Waals surface area contributed by atoms with Crippen LogP contribution in [0.4, 0.5) is 5.69 Å². The van der Waals surface area contributed by atoms with Gasteiger partial charge in [0.2, 0.25) is 0 Å². The van der Waals surface area contributed by atoms with Crippen LogP contribution in [0.5, 0.6) is 11.5 Å². The Labute approximate surface area is 158 Å². The van der Waals surface area contributed by atoms with Crippen molar-refractivity contribution in [2.45, 2.75) is 20.8 Å². The van der Waals surface area contributed by atoms with Gasteiger partial charge in [-0.05, 0) is 61.0 Å². The van der Waals surface area contributed by atoms with Crippen LogP contribution in [0.25, 0.3) is 0 Å². The fourth-order valence-electron chi connectivity index (χ4n) is 2.32. The van der Waals surface area contributed by atoms with Crippen molar-refractivity contribution < 1.29 is 14.3 Å². The van der Waals surface area contributed by atoms with Crippen molar-refractivity contribution in [1.29, 1.82) is 0 Å². The van der Waals surface area contributed by atoms with E-state index in [0.717, 1.165) is 22.4 Å². The molecule has 0 bridgehead atoms. The Bertz CT molecular complexity index is 830. The number of hydrazone groups is 1. The van der Waals surface area contributed by atoms with Gasteiger partial charge in [-0.2, -0.15) is 5.10 Å². The van der Waals surface area contributed by atoms with Gasteiger partial charge in [-0.15, -0.1) is 0 Å². The molecular weight excluding hydrogens is 350 g/mol. The number of anilines is 1. The summed E-state index contributed by atoms with van der Waals surface area (Å²) in [4.78, 5) is 11.1. The Balaban J connectivity index is 2.01. The van der Waals surface area contributed by atoms with Crippen LogP contribution in [0, 0.1) is 13.8 Å². The number of para-hydroxylation sites is 1. The zero-order chi connectivity index (χ0) is 19.1. The van der Waals surface area contributed by atoms with Crippen molar-refractivity contribution in [2.24, 2.45) is 5.10 Å². The molecule has 0 atom stereocenters. The Morgan fingerprint density at radius 3 is 2.46 bits per heavy atom. The van der Waals surface area contributed by atoms with Crippen molar-refractivity contribution in [3.05, 3.63) is 53.1 Å². The van der Waals surface area contributed by atoms with Crippen LogP contribution >= 0.6 is 12.2 Å². The van der Waals surface area contributed by atoms with Crippen LogP contribution < -0.4 is 20.2 Å². The van der Waals surface area contributed by atoms with E-state index in [-0.39, 0.29) is 0 Å². The maximum Gasteiger partial charge on any atom is 0.308 e. The number of hydrogen-bond acceptors (Lipinski definition) is 5. The number of nitrogens with one attached hydrogen (secondary N) is 2. The lowest BCUT2D eigenvalue weighted by molar-refractivity contribution is -0.132. The molecule has 2 aromatic carbocycles. The van der Waals surface area contributed by atoms with Gasteiger partial charge in [0.15, 0.2) is 16.6 Å². The van der Waals surface area contributed by atoms with Crippen molar-refractivity contribution >= 4 is 35.2 Å². The highest BCUT2D eigenvalue weighted by molar-refractivity contribution is 7.80. The number of rotatable bonds is 5. The SMILES string of the molecule is COc1cc(/C=N\NC(=S)Nc2c(C)cccc2C)ccc1OC(C)=O. The predicted octanol–water partition coefficient (Wildman–Crippen LogP) is 3.56. The molecule has 0 fully saturated rings. The van der Waals surface area contributed by atoms with Crippen molar-refractivity contribution in [3.63, 3.8) is 0 Å². The zero-order valence-corrected chi connectivity index (χ0v) is 15.9. The molecule has 0 heterocycles. The molecule has 0 amide bonds. The topological polar surface area (TPSA) is 71.9 Å². The average molecular weight is 371 g/mol. The first-order valence-electron chi connectivity index (χ1n) is 7.93. The second-order valence-electron chi connectivity index (χ2n) is 5.59. The molecule has 136 valence electrons. The predicted molar refractivity (Wildman–Crippen MR) is 107 cm³/mol. The molecule has 0 aliphatic heterocycles. The quantitative estimate of drug-likeness (QED) is 0.275. The number of carbonyl (C=O) groups excluding carboxylic acids is 1. The molecule has 6 nitrogen and oxygen atoms in total. The molecular formula is C19H21N3O3S. The second kappa shape index (κ2) is 8.96. The number of nitrogens with zero attached hydrogens (tertiary/aromatic N) is 1. The van der Waals surface area contributed by atoms with Crippen LogP contribution in [0.3, 0.4) is 0 Å². The number of aryl methyl sites for hydroxylation is 2. The fraction of sp³-hybridized carbons (Fsp3) is 0.211. The molecule has 0 unspecified atom stereocenters. The standard InChI is InChI=1S/C19H21N3O3S/c1-12-6-5-7-13(2)18(12)21-19(26)22-20-11-15-8-9-16(25-14(3)23)17(10-15)24-4/h5-11H,1-4H3,(H2,21,22,26)/b20-11-. The second-order valence-corrected chi connectivity index (χ2v) is 6.00. The van der Waals surface area contributed by atoms with Gasteiger partial charge in [0.1, 0.15) is 0 Å². The Kier molecular flexibility index (Phi) is 6.68. The van der Waals surface area contributed by atoms with Crippen LogP contribution in [0.15, 0.2) is 41.5 Å². The molecule has 0 spiro atoms. The van der Waals surface area contributed by atoms with Gasteiger partial charge in [0, 0.05) is 12.6 Å². The van der Waals surface area contributed by atoms with Crippen LogP contribution in [-0.2, 0) is 4.79 Å². The molecule has 7 heteroatoms. The van der Waals surface area contributed by atoms with Crippen LogP contribution in [0.2, 0.25) is 0 Å². The molecule has 2 aromatic rings. The lowest BCUT2D eigenvalue weighted by Gasteiger charge is -2.12. The molecule has 0 aliphatic carbocycles. The molecule has 0 saturated heterocycles. The summed E-state index contributed by atoms with van der Waals surface area (Å²) in [5.74, 6) is 0.395. The van der Waals surface area contributed by atoms with Gasteiger partial charge >= 0.3 is 5.97 Å². The highest BCUT2D eigenvalue weighted by atomic mass is 32.1. The first kappa shape index (κ1) is 19.4. The summed E-state index contributed by atoms with van der Waals surface area (Å²) < 4.78 is 10.3. The summed E-state index contributed by atoms with van der Waals surface area (Å²) in [5.41, 5.74) is 6.71. The van der Waals surface area contributed by atoms with Gasteiger partial charge in [0.25, 0.3) is 0 Å². The smallest absolute Gasteiger partial charge is 0.308 e. The third-order valence-electron chi connectivity index (χ3n) is 3.54. The normalized spacial score (nSPS) is 10.5.